The molecular weight excluding hydrogens is 240 g/mol. The first-order valence-electron chi connectivity index (χ1n) is 6.52. The van der Waals surface area contributed by atoms with Crippen LogP contribution in [0.5, 0.6) is 0 Å². The van der Waals surface area contributed by atoms with Crippen LogP contribution in [0.2, 0.25) is 0 Å². The van der Waals surface area contributed by atoms with Crippen LogP contribution in [0.3, 0.4) is 0 Å². The highest BCUT2D eigenvalue weighted by atomic mass is 32.2. The Morgan fingerprint density at radius 2 is 2.00 bits per heavy atom. The maximum absolute atomic E-state index is 9.51. The van der Waals surface area contributed by atoms with Gasteiger partial charge in [-0.05, 0) is 37.0 Å². The molecule has 0 spiro atoms. The van der Waals surface area contributed by atoms with Crippen LogP contribution < -0.4 is 5.32 Å². The van der Waals surface area contributed by atoms with Crippen molar-refractivity contribution in [1.82, 2.24) is 5.32 Å². The van der Waals surface area contributed by atoms with Crippen LogP contribution in [-0.4, -0.2) is 18.6 Å². The summed E-state index contributed by atoms with van der Waals surface area (Å²) in [6.45, 7) is 2.21. The summed E-state index contributed by atoms with van der Waals surface area (Å²) in [7, 11) is 1.87. The Bertz CT molecular complexity index is 372. The Balaban J connectivity index is 2.62. The van der Waals surface area contributed by atoms with Gasteiger partial charge in [-0.25, -0.2) is 0 Å². The first kappa shape index (κ1) is 15.1. The predicted molar refractivity (Wildman–Crippen MR) is 79.6 cm³/mol. The molecule has 1 aromatic carbocycles. The van der Waals surface area contributed by atoms with E-state index in [4.69, 9.17) is 0 Å². The number of benzene rings is 1. The van der Waals surface area contributed by atoms with E-state index in [0.29, 0.717) is 0 Å². The molecule has 18 heavy (non-hydrogen) atoms. The van der Waals surface area contributed by atoms with Crippen molar-refractivity contribution >= 4 is 11.8 Å². The first-order valence-corrected chi connectivity index (χ1v) is 7.68. The molecule has 0 aliphatic rings. The molecule has 0 saturated heterocycles. The number of hydrogen-bond acceptors (Lipinski definition) is 3. The molecule has 1 rings (SSSR count). The number of thioether (sulfide) groups is 1. The van der Waals surface area contributed by atoms with Crippen LogP contribution in [0.15, 0.2) is 30.3 Å². The average Bonchev–Trinajstić information content (AvgIpc) is 2.44. The molecule has 0 heterocycles. The summed E-state index contributed by atoms with van der Waals surface area (Å²) in [4.78, 5) is 0. The molecule has 1 N–H and O–H groups in total. The molecular formula is C15H22N2S. The van der Waals surface area contributed by atoms with E-state index in [1.54, 1.807) is 0 Å². The summed E-state index contributed by atoms with van der Waals surface area (Å²) < 4.78 is 0. The molecule has 0 fully saturated rings. The Kier molecular flexibility index (Phi) is 6.85. The Morgan fingerprint density at radius 1 is 1.28 bits per heavy atom. The van der Waals surface area contributed by atoms with Crippen molar-refractivity contribution in [2.24, 2.45) is 0 Å². The van der Waals surface area contributed by atoms with Gasteiger partial charge in [-0.3, -0.25) is 5.32 Å². The van der Waals surface area contributed by atoms with E-state index >= 15 is 0 Å². The summed E-state index contributed by atoms with van der Waals surface area (Å²) in [5.74, 6) is 2.21. The van der Waals surface area contributed by atoms with Gasteiger partial charge in [-0.2, -0.15) is 17.0 Å². The van der Waals surface area contributed by atoms with E-state index in [1.807, 2.05) is 49.1 Å². The highest BCUT2D eigenvalue weighted by Crippen LogP contribution is 2.26. The van der Waals surface area contributed by atoms with E-state index in [2.05, 4.69) is 18.3 Å². The lowest BCUT2D eigenvalue weighted by Gasteiger charge is -2.26. The van der Waals surface area contributed by atoms with Crippen molar-refractivity contribution in [3.63, 3.8) is 0 Å². The van der Waals surface area contributed by atoms with E-state index < -0.39 is 5.54 Å². The molecule has 0 aromatic heterocycles. The van der Waals surface area contributed by atoms with Crippen LogP contribution in [0.1, 0.15) is 31.7 Å². The fourth-order valence-electron chi connectivity index (χ4n) is 1.89. The Labute approximate surface area is 115 Å². The van der Waals surface area contributed by atoms with Crippen LogP contribution in [0, 0.1) is 11.3 Å². The third-order valence-electron chi connectivity index (χ3n) is 3.15. The smallest absolute Gasteiger partial charge is 0.132 e. The van der Waals surface area contributed by atoms with Gasteiger partial charge in [0.25, 0.3) is 0 Å². The maximum Gasteiger partial charge on any atom is 0.132 e. The standard InChI is InChI=1S/C15H22N2S/c1-3-4-11-18-12-10-15(13-16,17-2)14-8-6-5-7-9-14/h5-9,17H,3-4,10-12H2,1-2H3. The van der Waals surface area contributed by atoms with E-state index in [-0.39, 0.29) is 0 Å². The fourth-order valence-corrected chi connectivity index (χ4v) is 3.03. The zero-order valence-corrected chi connectivity index (χ0v) is 12.1. The van der Waals surface area contributed by atoms with Gasteiger partial charge < -0.3 is 0 Å². The largest absolute Gasteiger partial charge is 0.299 e. The molecule has 1 aromatic rings. The summed E-state index contributed by atoms with van der Waals surface area (Å²) >= 11 is 1.94. The number of nitrogens with one attached hydrogen (secondary N) is 1. The lowest BCUT2D eigenvalue weighted by molar-refractivity contribution is 0.457. The van der Waals surface area contributed by atoms with Gasteiger partial charge in [0.15, 0.2) is 0 Å². The number of hydrogen-bond donors (Lipinski definition) is 1. The summed E-state index contributed by atoms with van der Waals surface area (Å²) in [6.07, 6.45) is 3.34. The van der Waals surface area contributed by atoms with Gasteiger partial charge in [-0.1, -0.05) is 43.7 Å². The van der Waals surface area contributed by atoms with Crippen molar-refractivity contribution in [3.05, 3.63) is 35.9 Å². The highest BCUT2D eigenvalue weighted by molar-refractivity contribution is 7.99. The van der Waals surface area contributed by atoms with E-state index in [0.717, 1.165) is 17.7 Å². The number of rotatable bonds is 8. The average molecular weight is 262 g/mol. The van der Waals surface area contributed by atoms with Crippen molar-refractivity contribution in [3.8, 4) is 6.07 Å². The summed E-state index contributed by atoms with van der Waals surface area (Å²) in [5.41, 5.74) is 0.520. The second kappa shape index (κ2) is 8.18. The minimum atomic E-state index is -0.541. The first-order chi connectivity index (χ1) is 8.79. The van der Waals surface area contributed by atoms with Gasteiger partial charge in [-0.15, -0.1) is 0 Å². The summed E-state index contributed by atoms with van der Waals surface area (Å²) in [5, 5.41) is 12.7. The normalized spacial score (nSPS) is 13.8. The van der Waals surface area contributed by atoms with E-state index in [1.165, 1.54) is 18.6 Å². The van der Waals surface area contributed by atoms with Crippen LogP contribution in [-0.2, 0) is 5.54 Å². The topological polar surface area (TPSA) is 35.8 Å². The zero-order chi connectivity index (χ0) is 13.3. The number of unbranched alkanes of at least 4 members (excludes halogenated alkanes) is 1. The molecule has 0 aliphatic carbocycles. The molecule has 0 saturated carbocycles. The monoisotopic (exact) mass is 262 g/mol. The molecule has 3 heteroatoms. The predicted octanol–water partition coefficient (Wildman–Crippen LogP) is 3.55. The molecule has 0 radical (unpaired) electrons. The Morgan fingerprint density at radius 3 is 2.56 bits per heavy atom. The SMILES string of the molecule is CCCCSCCC(C#N)(NC)c1ccccc1. The quantitative estimate of drug-likeness (QED) is 0.728. The minimum absolute atomic E-state index is 0.541. The third kappa shape index (κ3) is 4.04. The molecule has 2 nitrogen and oxygen atoms in total. The van der Waals surface area contributed by atoms with Crippen molar-refractivity contribution in [2.45, 2.75) is 31.7 Å². The molecule has 0 aliphatic heterocycles. The maximum atomic E-state index is 9.51. The fraction of sp³-hybridized carbons (Fsp3) is 0.533. The van der Waals surface area contributed by atoms with Crippen molar-refractivity contribution in [1.29, 1.82) is 5.26 Å². The lowest BCUT2D eigenvalue weighted by atomic mass is 9.89. The second-order valence-corrected chi connectivity index (χ2v) is 5.57. The number of nitriles is 1. The van der Waals surface area contributed by atoms with Crippen molar-refractivity contribution in [2.75, 3.05) is 18.6 Å². The van der Waals surface area contributed by atoms with E-state index in [9.17, 15) is 5.26 Å². The van der Waals surface area contributed by atoms with Gasteiger partial charge in [0.05, 0.1) is 6.07 Å². The van der Waals surface area contributed by atoms with Crippen LogP contribution in [0.4, 0.5) is 0 Å². The zero-order valence-electron chi connectivity index (χ0n) is 11.3. The molecule has 1 atom stereocenters. The third-order valence-corrected chi connectivity index (χ3v) is 4.22. The Hall–Kier alpha value is -0.980. The summed E-state index contributed by atoms with van der Waals surface area (Å²) in [6, 6.07) is 12.5. The molecule has 98 valence electrons. The van der Waals surface area contributed by atoms with Crippen LogP contribution in [0.25, 0.3) is 0 Å². The van der Waals surface area contributed by atoms with Gasteiger partial charge in [0.2, 0.25) is 0 Å². The van der Waals surface area contributed by atoms with Crippen LogP contribution >= 0.6 is 11.8 Å². The van der Waals surface area contributed by atoms with Gasteiger partial charge in [0, 0.05) is 0 Å². The minimum Gasteiger partial charge on any atom is -0.299 e. The second-order valence-electron chi connectivity index (χ2n) is 4.35. The van der Waals surface area contributed by atoms with Gasteiger partial charge >= 0.3 is 0 Å². The molecule has 1 unspecified atom stereocenters. The lowest BCUT2D eigenvalue weighted by Crippen LogP contribution is -2.39. The van der Waals surface area contributed by atoms with Crippen molar-refractivity contribution < 1.29 is 0 Å². The highest BCUT2D eigenvalue weighted by Gasteiger charge is 2.29. The molecule has 0 bridgehead atoms. The molecule has 0 amide bonds. The van der Waals surface area contributed by atoms with Gasteiger partial charge in [0.1, 0.15) is 5.54 Å². The number of nitrogens with zero attached hydrogens (tertiary/aromatic N) is 1.